The third-order valence-corrected chi connectivity index (χ3v) is 4.67. The first kappa shape index (κ1) is 19.4. The molecule has 0 saturated heterocycles. The number of hydrogen-bond donors (Lipinski definition) is 1. The maximum atomic E-state index is 13.1. The van der Waals surface area contributed by atoms with Gasteiger partial charge in [-0.1, -0.05) is 57.6 Å². The zero-order valence-electron chi connectivity index (χ0n) is 15.0. The monoisotopic (exact) mass is 345 g/mol. The van der Waals surface area contributed by atoms with Crippen LogP contribution in [0, 0.1) is 11.0 Å². The summed E-state index contributed by atoms with van der Waals surface area (Å²) in [5.74, 6) is -0.291. The molecule has 1 unspecified atom stereocenters. The molecule has 1 N–H and O–H groups in total. The van der Waals surface area contributed by atoms with Crippen LogP contribution in [0.2, 0.25) is 0 Å². The summed E-state index contributed by atoms with van der Waals surface area (Å²) in [6, 6.07) is 9.62. The van der Waals surface area contributed by atoms with E-state index in [-0.39, 0.29) is 5.82 Å². The van der Waals surface area contributed by atoms with Crippen molar-refractivity contribution in [2.75, 3.05) is 0 Å². The van der Waals surface area contributed by atoms with Crippen molar-refractivity contribution < 1.29 is 14.2 Å². The van der Waals surface area contributed by atoms with Crippen LogP contribution in [-0.4, -0.2) is 5.11 Å². The SMILES string of the molecule is CCCCCCCCC(O)(Cc1ccc(F)cc1)c1ccc[n+]([O-])c1. The molecule has 0 radical (unpaired) electrons. The summed E-state index contributed by atoms with van der Waals surface area (Å²) in [5.41, 5.74) is 0.356. The first-order valence-electron chi connectivity index (χ1n) is 9.19. The molecular formula is C21H28FNO2. The van der Waals surface area contributed by atoms with Gasteiger partial charge >= 0.3 is 0 Å². The van der Waals surface area contributed by atoms with Gasteiger partial charge in [-0.15, -0.1) is 0 Å². The van der Waals surface area contributed by atoms with Crippen LogP contribution in [0.5, 0.6) is 0 Å². The highest BCUT2D eigenvalue weighted by Gasteiger charge is 2.31. The van der Waals surface area contributed by atoms with Crippen molar-refractivity contribution in [3.8, 4) is 0 Å². The largest absolute Gasteiger partial charge is 0.619 e. The second kappa shape index (κ2) is 9.52. The summed E-state index contributed by atoms with van der Waals surface area (Å²) in [5, 5.41) is 22.9. The average Bonchev–Trinajstić information content (AvgIpc) is 2.60. The van der Waals surface area contributed by atoms with E-state index in [1.165, 1.54) is 43.8 Å². The Kier molecular flexibility index (Phi) is 7.38. The highest BCUT2D eigenvalue weighted by Crippen LogP contribution is 2.31. The number of hydrogen-bond acceptors (Lipinski definition) is 2. The number of pyridine rings is 1. The van der Waals surface area contributed by atoms with Crippen molar-refractivity contribution in [3.05, 3.63) is 70.9 Å². The van der Waals surface area contributed by atoms with Gasteiger partial charge in [0.15, 0.2) is 12.4 Å². The number of halogens is 1. The number of aromatic nitrogens is 1. The van der Waals surface area contributed by atoms with E-state index in [1.54, 1.807) is 24.3 Å². The Bertz CT molecular complexity index is 645. The minimum Gasteiger partial charge on any atom is -0.619 e. The van der Waals surface area contributed by atoms with Crippen molar-refractivity contribution >= 4 is 0 Å². The van der Waals surface area contributed by atoms with Gasteiger partial charge in [0, 0.05) is 18.1 Å². The smallest absolute Gasteiger partial charge is 0.186 e. The number of aliphatic hydroxyl groups is 1. The van der Waals surface area contributed by atoms with Gasteiger partial charge in [-0.3, -0.25) is 0 Å². The Balaban J connectivity index is 2.08. The van der Waals surface area contributed by atoms with E-state index in [0.717, 1.165) is 24.8 Å². The Hall–Kier alpha value is -1.94. The normalized spacial score (nSPS) is 13.6. The van der Waals surface area contributed by atoms with E-state index in [4.69, 9.17) is 0 Å². The van der Waals surface area contributed by atoms with Crippen LogP contribution in [0.1, 0.15) is 63.0 Å². The molecule has 1 heterocycles. The van der Waals surface area contributed by atoms with Crippen molar-refractivity contribution in [2.45, 2.75) is 63.9 Å². The van der Waals surface area contributed by atoms with Crippen molar-refractivity contribution in [2.24, 2.45) is 0 Å². The molecule has 0 aliphatic carbocycles. The van der Waals surface area contributed by atoms with Gasteiger partial charge in [0.2, 0.25) is 0 Å². The number of unbranched alkanes of at least 4 members (excludes halogenated alkanes) is 5. The average molecular weight is 345 g/mol. The lowest BCUT2D eigenvalue weighted by molar-refractivity contribution is -0.606. The van der Waals surface area contributed by atoms with Crippen LogP contribution in [-0.2, 0) is 12.0 Å². The molecular weight excluding hydrogens is 317 g/mol. The molecule has 0 aliphatic rings. The molecule has 1 aromatic heterocycles. The topological polar surface area (TPSA) is 47.2 Å². The van der Waals surface area contributed by atoms with Gasteiger partial charge in [0.25, 0.3) is 0 Å². The molecule has 136 valence electrons. The molecule has 25 heavy (non-hydrogen) atoms. The standard InChI is InChI=1S/C21H28FNO2/c1-2-3-4-5-6-7-14-21(24,19-9-8-15-23(25)17-19)16-18-10-12-20(22)13-11-18/h8-13,15,17,24H,2-7,14,16H2,1H3. The van der Waals surface area contributed by atoms with Crippen molar-refractivity contribution in [1.82, 2.24) is 0 Å². The van der Waals surface area contributed by atoms with Gasteiger partial charge in [-0.05, 0) is 30.2 Å². The van der Waals surface area contributed by atoms with Gasteiger partial charge in [0.1, 0.15) is 5.82 Å². The highest BCUT2D eigenvalue weighted by molar-refractivity contribution is 5.24. The fraction of sp³-hybridized carbons (Fsp3) is 0.476. The van der Waals surface area contributed by atoms with Crippen molar-refractivity contribution in [1.29, 1.82) is 0 Å². The molecule has 4 heteroatoms. The quantitative estimate of drug-likeness (QED) is 0.387. The van der Waals surface area contributed by atoms with Gasteiger partial charge in [-0.25, -0.2) is 4.39 Å². The molecule has 0 fully saturated rings. The molecule has 0 saturated carbocycles. The summed E-state index contributed by atoms with van der Waals surface area (Å²) >= 11 is 0. The number of rotatable bonds is 10. The van der Waals surface area contributed by atoms with Crippen molar-refractivity contribution in [3.63, 3.8) is 0 Å². The fourth-order valence-corrected chi connectivity index (χ4v) is 3.20. The second-order valence-corrected chi connectivity index (χ2v) is 6.81. The van der Waals surface area contributed by atoms with E-state index in [2.05, 4.69) is 6.92 Å². The summed E-state index contributed by atoms with van der Waals surface area (Å²) in [7, 11) is 0. The highest BCUT2D eigenvalue weighted by atomic mass is 19.1. The summed E-state index contributed by atoms with van der Waals surface area (Å²) in [6.07, 6.45) is 10.6. The third-order valence-electron chi connectivity index (χ3n) is 4.67. The van der Waals surface area contributed by atoms with Crippen LogP contribution in [0.3, 0.4) is 0 Å². The molecule has 1 atom stereocenters. The zero-order chi connectivity index (χ0) is 18.1. The van der Waals surface area contributed by atoms with Gasteiger partial charge < -0.3 is 10.3 Å². The first-order chi connectivity index (χ1) is 12.0. The molecule has 0 amide bonds. The van der Waals surface area contributed by atoms with Crippen LogP contribution >= 0.6 is 0 Å². The minimum absolute atomic E-state index is 0.291. The summed E-state index contributed by atoms with van der Waals surface area (Å²) in [6.45, 7) is 2.19. The molecule has 0 bridgehead atoms. The van der Waals surface area contributed by atoms with Crippen LogP contribution < -0.4 is 4.73 Å². The Morgan fingerprint density at radius 3 is 2.40 bits per heavy atom. The fourth-order valence-electron chi connectivity index (χ4n) is 3.20. The van der Waals surface area contributed by atoms with E-state index < -0.39 is 5.60 Å². The predicted molar refractivity (Wildman–Crippen MR) is 97.4 cm³/mol. The predicted octanol–water partition coefficient (Wildman–Crippen LogP) is 4.64. The zero-order valence-corrected chi connectivity index (χ0v) is 15.0. The van der Waals surface area contributed by atoms with Crippen LogP contribution in [0.4, 0.5) is 4.39 Å². The molecule has 2 rings (SSSR count). The van der Waals surface area contributed by atoms with E-state index in [9.17, 15) is 14.7 Å². The van der Waals surface area contributed by atoms with Gasteiger partial charge in [0.05, 0.1) is 5.60 Å². The van der Waals surface area contributed by atoms with Gasteiger partial charge in [-0.2, -0.15) is 4.73 Å². The molecule has 0 aliphatic heterocycles. The lowest BCUT2D eigenvalue weighted by atomic mass is 9.83. The Morgan fingerprint density at radius 2 is 1.72 bits per heavy atom. The number of nitrogens with zero attached hydrogens (tertiary/aromatic N) is 1. The molecule has 1 aromatic carbocycles. The molecule has 2 aromatic rings. The van der Waals surface area contributed by atoms with Crippen LogP contribution in [0.25, 0.3) is 0 Å². The van der Waals surface area contributed by atoms with E-state index >= 15 is 0 Å². The maximum Gasteiger partial charge on any atom is 0.186 e. The second-order valence-electron chi connectivity index (χ2n) is 6.81. The lowest BCUT2D eigenvalue weighted by Gasteiger charge is -2.28. The number of benzene rings is 1. The third kappa shape index (κ3) is 6.13. The minimum atomic E-state index is -1.12. The van der Waals surface area contributed by atoms with E-state index in [1.807, 2.05) is 0 Å². The maximum absolute atomic E-state index is 13.1. The summed E-state index contributed by atoms with van der Waals surface area (Å²) < 4.78 is 13.9. The Morgan fingerprint density at radius 1 is 1.04 bits per heavy atom. The van der Waals surface area contributed by atoms with E-state index in [0.29, 0.717) is 23.1 Å². The molecule has 3 nitrogen and oxygen atoms in total. The molecule has 0 spiro atoms. The lowest BCUT2D eigenvalue weighted by Crippen LogP contribution is -2.34. The van der Waals surface area contributed by atoms with Crippen LogP contribution in [0.15, 0.2) is 48.8 Å². The Labute approximate surface area is 149 Å². The summed E-state index contributed by atoms with van der Waals surface area (Å²) in [4.78, 5) is 0. The first-order valence-corrected chi connectivity index (χ1v) is 9.19.